The minimum absolute atomic E-state index is 0.179. The third kappa shape index (κ3) is 3.21. The Kier molecular flexibility index (Phi) is 3.25. The summed E-state index contributed by atoms with van der Waals surface area (Å²) < 4.78 is 36.2. The molecular formula is C8H8F3N3O. The van der Waals surface area contributed by atoms with Crippen molar-refractivity contribution in [2.45, 2.75) is 6.18 Å². The van der Waals surface area contributed by atoms with Crippen molar-refractivity contribution >= 4 is 11.6 Å². The first-order valence-corrected chi connectivity index (χ1v) is 3.96. The van der Waals surface area contributed by atoms with Crippen LogP contribution >= 0.6 is 0 Å². The molecule has 1 amide bonds. The Labute approximate surface area is 83.3 Å². The minimum Gasteiger partial charge on any atom is -0.324 e. The van der Waals surface area contributed by atoms with Crippen molar-refractivity contribution in [3.8, 4) is 0 Å². The van der Waals surface area contributed by atoms with Crippen molar-refractivity contribution in [2.75, 3.05) is 11.9 Å². The molecule has 7 heteroatoms. The molecule has 1 heterocycles. The molecule has 0 radical (unpaired) electrons. The molecule has 0 aliphatic carbocycles. The smallest absolute Gasteiger partial charge is 0.324 e. The van der Waals surface area contributed by atoms with Gasteiger partial charge >= 0.3 is 6.18 Å². The fourth-order valence-electron chi connectivity index (χ4n) is 0.848. The number of rotatable bonds is 2. The van der Waals surface area contributed by atoms with Crippen molar-refractivity contribution in [1.29, 1.82) is 0 Å². The van der Waals surface area contributed by atoms with Gasteiger partial charge in [-0.1, -0.05) is 0 Å². The third-order valence-electron chi connectivity index (χ3n) is 1.52. The van der Waals surface area contributed by atoms with E-state index in [0.29, 0.717) is 0 Å². The number of nitrogens with one attached hydrogen (secondary N) is 1. The van der Waals surface area contributed by atoms with Crippen LogP contribution in [-0.4, -0.2) is 17.4 Å². The zero-order chi connectivity index (χ0) is 11.5. The van der Waals surface area contributed by atoms with Gasteiger partial charge in [-0.3, -0.25) is 4.79 Å². The fourth-order valence-corrected chi connectivity index (χ4v) is 0.848. The summed E-state index contributed by atoms with van der Waals surface area (Å²) in [5.41, 5.74) is 4.18. The summed E-state index contributed by atoms with van der Waals surface area (Å²) >= 11 is 0. The van der Waals surface area contributed by atoms with Crippen LogP contribution < -0.4 is 11.1 Å². The van der Waals surface area contributed by atoms with Crippen molar-refractivity contribution in [2.24, 2.45) is 5.73 Å². The van der Waals surface area contributed by atoms with E-state index in [1.807, 2.05) is 0 Å². The first-order chi connectivity index (χ1) is 6.93. The zero-order valence-electron chi connectivity index (χ0n) is 7.51. The summed E-state index contributed by atoms with van der Waals surface area (Å²) in [6.45, 7) is -0.235. The average Bonchev–Trinajstić information content (AvgIpc) is 2.17. The topological polar surface area (TPSA) is 68.0 Å². The van der Waals surface area contributed by atoms with Crippen LogP contribution in [0.2, 0.25) is 0 Å². The first kappa shape index (κ1) is 11.4. The van der Waals surface area contributed by atoms with E-state index in [9.17, 15) is 18.0 Å². The number of nitrogens with zero attached hydrogens (tertiary/aromatic N) is 1. The van der Waals surface area contributed by atoms with Crippen molar-refractivity contribution < 1.29 is 18.0 Å². The fraction of sp³-hybridized carbons (Fsp3) is 0.250. The van der Waals surface area contributed by atoms with Crippen LogP contribution in [0.3, 0.4) is 0 Å². The van der Waals surface area contributed by atoms with Crippen molar-refractivity contribution in [3.05, 3.63) is 24.0 Å². The molecular weight excluding hydrogens is 211 g/mol. The Bertz CT molecular complexity index is 347. The molecule has 0 unspecified atom stereocenters. The van der Waals surface area contributed by atoms with E-state index in [2.05, 4.69) is 10.3 Å². The van der Waals surface area contributed by atoms with E-state index in [1.165, 1.54) is 0 Å². The van der Waals surface area contributed by atoms with Gasteiger partial charge in [-0.15, -0.1) is 0 Å². The van der Waals surface area contributed by atoms with Gasteiger partial charge in [0.05, 0.1) is 18.4 Å². The van der Waals surface area contributed by atoms with Crippen LogP contribution in [0.15, 0.2) is 18.3 Å². The number of amides is 1. The predicted octanol–water partition coefficient (Wildman–Crippen LogP) is 0.998. The lowest BCUT2D eigenvalue weighted by Gasteiger charge is -2.06. The van der Waals surface area contributed by atoms with Gasteiger partial charge < -0.3 is 11.1 Å². The molecule has 0 aliphatic rings. The Morgan fingerprint density at radius 3 is 2.53 bits per heavy atom. The zero-order valence-corrected chi connectivity index (χ0v) is 7.51. The molecule has 0 fully saturated rings. The highest BCUT2D eigenvalue weighted by Gasteiger charge is 2.31. The van der Waals surface area contributed by atoms with Gasteiger partial charge in [-0.2, -0.15) is 13.2 Å². The second-order valence-corrected chi connectivity index (χ2v) is 2.68. The first-order valence-electron chi connectivity index (χ1n) is 3.96. The number of nitrogens with two attached hydrogens (primary N) is 1. The Morgan fingerprint density at radius 2 is 2.13 bits per heavy atom. The van der Waals surface area contributed by atoms with E-state index in [0.717, 1.165) is 18.3 Å². The van der Waals surface area contributed by atoms with Gasteiger partial charge in [-0.05, 0) is 12.1 Å². The summed E-state index contributed by atoms with van der Waals surface area (Å²) in [4.78, 5) is 13.9. The number of carbonyl (C=O) groups excluding carboxylic acids is 1. The van der Waals surface area contributed by atoms with Gasteiger partial charge in [0.2, 0.25) is 5.91 Å². The maximum atomic E-state index is 12.1. The molecule has 15 heavy (non-hydrogen) atoms. The maximum Gasteiger partial charge on any atom is 0.433 e. The molecule has 1 aromatic rings. The molecule has 0 atom stereocenters. The monoisotopic (exact) mass is 219 g/mol. The van der Waals surface area contributed by atoms with Gasteiger partial charge in [0, 0.05) is 0 Å². The van der Waals surface area contributed by atoms with Gasteiger partial charge in [0.15, 0.2) is 0 Å². The summed E-state index contributed by atoms with van der Waals surface area (Å²) in [6.07, 6.45) is -3.55. The lowest BCUT2D eigenvalue weighted by molar-refractivity contribution is -0.141. The number of aromatic nitrogens is 1. The van der Waals surface area contributed by atoms with Crippen LogP contribution in [-0.2, 0) is 11.0 Å². The second-order valence-electron chi connectivity index (χ2n) is 2.68. The largest absolute Gasteiger partial charge is 0.433 e. The summed E-state index contributed by atoms with van der Waals surface area (Å²) in [7, 11) is 0. The summed E-state index contributed by atoms with van der Waals surface area (Å²) in [6, 6.07) is 1.90. The lowest BCUT2D eigenvalue weighted by Crippen LogP contribution is -2.22. The van der Waals surface area contributed by atoms with E-state index in [1.54, 1.807) is 0 Å². The Hall–Kier alpha value is -1.63. The molecule has 82 valence electrons. The number of hydrogen-bond acceptors (Lipinski definition) is 3. The average molecular weight is 219 g/mol. The second kappa shape index (κ2) is 4.26. The molecule has 0 bridgehead atoms. The minimum atomic E-state index is -4.48. The van der Waals surface area contributed by atoms with Gasteiger partial charge in [0.1, 0.15) is 5.69 Å². The number of pyridine rings is 1. The molecule has 3 N–H and O–H groups in total. The van der Waals surface area contributed by atoms with Crippen LogP contribution in [0.4, 0.5) is 18.9 Å². The van der Waals surface area contributed by atoms with Crippen molar-refractivity contribution in [1.82, 2.24) is 4.98 Å². The highest BCUT2D eigenvalue weighted by atomic mass is 19.4. The number of hydrogen-bond donors (Lipinski definition) is 2. The summed E-state index contributed by atoms with van der Waals surface area (Å²) in [5.74, 6) is -0.489. The van der Waals surface area contributed by atoms with Crippen molar-refractivity contribution in [3.63, 3.8) is 0 Å². The highest BCUT2D eigenvalue weighted by molar-refractivity contribution is 5.91. The third-order valence-corrected chi connectivity index (χ3v) is 1.52. The molecule has 0 aliphatic heterocycles. The van der Waals surface area contributed by atoms with Crippen LogP contribution in [0, 0.1) is 0 Å². The summed E-state index contributed by atoms with van der Waals surface area (Å²) in [5, 5.41) is 2.28. The predicted molar refractivity (Wildman–Crippen MR) is 46.9 cm³/mol. The number of halogens is 3. The van der Waals surface area contributed by atoms with E-state index < -0.39 is 17.8 Å². The molecule has 0 aromatic carbocycles. The van der Waals surface area contributed by atoms with Crippen LogP contribution in [0.25, 0.3) is 0 Å². The Balaban J connectivity index is 2.77. The molecule has 0 saturated heterocycles. The molecule has 0 spiro atoms. The SMILES string of the molecule is NCC(=O)Nc1ccc(C(F)(F)F)nc1. The quantitative estimate of drug-likeness (QED) is 0.779. The van der Waals surface area contributed by atoms with Gasteiger partial charge in [-0.25, -0.2) is 4.98 Å². The molecule has 4 nitrogen and oxygen atoms in total. The van der Waals surface area contributed by atoms with Gasteiger partial charge in [0.25, 0.3) is 0 Å². The lowest BCUT2D eigenvalue weighted by atomic mass is 10.3. The number of carbonyl (C=O) groups is 1. The van der Waals surface area contributed by atoms with E-state index in [4.69, 9.17) is 5.73 Å². The van der Waals surface area contributed by atoms with E-state index >= 15 is 0 Å². The maximum absolute atomic E-state index is 12.1. The van der Waals surface area contributed by atoms with Crippen LogP contribution in [0.5, 0.6) is 0 Å². The molecule has 0 saturated carbocycles. The Morgan fingerprint density at radius 1 is 1.47 bits per heavy atom. The van der Waals surface area contributed by atoms with Crippen LogP contribution in [0.1, 0.15) is 5.69 Å². The van der Waals surface area contributed by atoms with E-state index in [-0.39, 0.29) is 12.2 Å². The normalized spacial score (nSPS) is 11.2. The molecule has 1 rings (SSSR count). The number of alkyl halides is 3. The molecule has 1 aromatic heterocycles. The highest BCUT2D eigenvalue weighted by Crippen LogP contribution is 2.27. The standard InChI is InChI=1S/C8H8F3N3O/c9-8(10,11)6-2-1-5(4-13-6)14-7(15)3-12/h1-2,4H,3,12H2,(H,14,15). The number of anilines is 1.